The third-order valence-electron chi connectivity index (χ3n) is 5.41. The molecule has 0 bridgehead atoms. The number of rotatable bonds is 10. The highest BCUT2D eigenvalue weighted by atomic mass is 35.5. The molecule has 1 amide bonds. The zero-order chi connectivity index (χ0) is 22.1. The van der Waals surface area contributed by atoms with Crippen LogP contribution in [0.1, 0.15) is 42.5 Å². The number of carbonyl (C=O) groups excluding carboxylic acids is 2. The van der Waals surface area contributed by atoms with Gasteiger partial charge >= 0.3 is 5.97 Å². The summed E-state index contributed by atoms with van der Waals surface area (Å²) in [5.41, 5.74) is 6.50. The first-order chi connectivity index (χ1) is 14.4. The fourth-order valence-corrected chi connectivity index (χ4v) is 3.80. The van der Waals surface area contributed by atoms with Crippen LogP contribution in [-0.2, 0) is 14.3 Å². The quantitative estimate of drug-likeness (QED) is 0.326. The van der Waals surface area contributed by atoms with Crippen molar-refractivity contribution in [2.75, 3.05) is 46.7 Å². The topological polar surface area (TPSA) is 103 Å². The van der Waals surface area contributed by atoms with Crippen molar-refractivity contribution in [2.24, 2.45) is 0 Å². The lowest BCUT2D eigenvalue weighted by Crippen LogP contribution is -2.54. The van der Waals surface area contributed by atoms with Crippen molar-refractivity contribution < 1.29 is 23.8 Å². The van der Waals surface area contributed by atoms with E-state index in [9.17, 15) is 9.59 Å². The molecule has 1 saturated heterocycles. The number of nitrogen functional groups attached to an aromatic ring is 1. The van der Waals surface area contributed by atoms with Crippen molar-refractivity contribution in [3.05, 3.63) is 22.7 Å². The van der Waals surface area contributed by atoms with Gasteiger partial charge in [-0.1, -0.05) is 18.0 Å². The van der Waals surface area contributed by atoms with Crippen molar-refractivity contribution in [2.45, 2.75) is 44.2 Å². The molecule has 1 fully saturated rings. The Morgan fingerprint density at radius 1 is 1.23 bits per heavy atom. The van der Waals surface area contributed by atoms with E-state index < -0.39 is 0 Å². The van der Waals surface area contributed by atoms with Gasteiger partial charge < -0.3 is 30.2 Å². The number of nitrogens with two attached hydrogens (primary N) is 1. The molecule has 9 heteroatoms. The number of hydrogen-bond acceptors (Lipinski definition) is 7. The predicted octanol–water partition coefficient (Wildman–Crippen LogP) is 2.48. The summed E-state index contributed by atoms with van der Waals surface area (Å²) in [5, 5.41) is 3.36. The van der Waals surface area contributed by atoms with Gasteiger partial charge in [-0.05, 0) is 31.9 Å². The number of amides is 1. The number of nitrogens with zero attached hydrogens (tertiary/aromatic N) is 1. The molecule has 0 spiro atoms. The normalized spacial score (nSPS) is 19.3. The number of hydrogen-bond donors (Lipinski definition) is 2. The lowest BCUT2D eigenvalue weighted by atomic mass is 10.00. The van der Waals surface area contributed by atoms with Crippen LogP contribution in [0.25, 0.3) is 0 Å². The number of ether oxygens (including phenoxy) is 3. The van der Waals surface area contributed by atoms with Gasteiger partial charge in [0.1, 0.15) is 5.75 Å². The third-order valence-corrected chi connectivity index (χ3v) is 5.74. The van der Waals surface area contributed by atoms with Crippen LogP contribution in [0, 0.1) is 0 Å². The highest BCUT2D eigenvalue weighted by Crippen LogP contribution is 2.29. The smallest absolute Gasteiger partial charge is 0.305 e. The van der Waals surface area contributed by atoms with Gasteiger partial charge in [-0.15, -0.1) is 0 Å². The second kappa shape index (κ2) is 12.0. The summed E-state index contributed by atoms with van der Waals surface area (Å²) in [6, 6.07) is 2.96. The highest BCUT2D eigenvalue weighted by molar-refractivity contribution is 6.33. The van der Waals surface area contributed by atoms with Crippen LogP contribution >= 0.6 is 11.6 Å². The largest absolute Gasteiger partial charge is 0.496 e. The number of benzene rings is 1. The third kappa shape index (κ3) is 6.75. The standard InChI is InChI=1S/C21H32ClN3O5/c1-28-18-12-16(23)15(22)11-14(18)21(27)24-17-8-10-25(13-19(17)29-2)9-6-4-5-7-20(26)30-3/h11-12,17,19H,4-10,13,23H2,1-3H3,(H,24,27)/t17-,19+/m1/s1. The molecule has 0 unspecified atom stereocenters. The number of esters is 1. The summed E-state index contributed by atoms with van der Waals surface area (Å²) in [7, 11) is 4.56. The maximum atomic E-state index is 12.8. The molecule has 0 aliphatic carbocycles. The first-order valence-corrected chi connectivity index (χ1v) is 10.5. The summed E-state index contributed by atoms with van der Waals surface area (Å²) in [6.45, 7) is 2.53. The van der Waals surface area contributed by atoms with Gasteiger partial charge in [-0.3, -0.25) is 9.59 Å². The van der Waals surface area contributed by atoms with Crippen LogP contribution in [0.3, 0.4) is 0 Å². The van der Waals surface area contributed by atoms with Gasteiger partial charge in [-0.2, -0.15) is 0 Å². The van der Waals surface area contributed by atoms with E-state index in [-0.39, 0.29) is 24.0 Å². The molecule has 0 saturated carbocycles. The fraction of sp³-hybridized carbons (Fsp3) is 0.619. The minimum absolute atomic E-state index is 0.112. The van der Waals surface area contributed by atoms with E-state index in [4.69, 9.17) is 26.8 Å². The Balaban J connectivity index is 1.86. The Labute approximate surface area is 183 Å². The zero-order valence-corrected chi connectivity index (χ0v) is 18.7. The number of unbranched alkanes of at least 4 members (excludes halogenated alkanes) is 2. The van der Waals surface area contributed by atoms with Crippen LogP contribution < -0.4 is 15.8 Å². The molecular weight excluding hydrogens is 410 g/mol. The number of likely N-dealkylation sites (tertiary alicyclic amines) is 1. The summed E-state index contributed by atoms with van der Waals surface area (Å²) < 4.78 is 15.6. The Morgan fingerprint density at radius 2 is 2.00 bits per heavy atom. The van der Waals surface area contributed by atoms with Crippen LogP contribution in [0.15, 0.2) is 12.1 Å². The van der Waals surface area contributed by atoms with Crippen molar-refractivity contribution in [1.82, 2.24) is 10.2 Å². The maximum absolute atomic E-state index is 12.8. The number of anilines is 1. The van der Waals surface area contributed by atoms with Crippen LogP contribution in [0.5, 0.6) is 5.75 Å². The molecule has 2 rings (SSSR count). The molecule has 168 valence electrons. The molecule has 30 heavy (non-hydrogen) atoms. The molecule has 0 aromatic heterocycles. The molecular formula is C21H32ClN3O5. The monoisotopic (exact) mass is 441 g/mol. The summed E-state index contributed by atoms with van der Waals surface area (Å²) in [5.74, 6) is -0.0464. The Kier molecular flexibility index (Phi) is 9.68. The van der Waals surface area contributed by atoms with Crippen molar-refractivity contribution >= 4 is 29.2 Å². The van der Waals surface area contributed by atoms with Crippen molar-refractivity contribution in [3.8, 4) is 5.75 Å². The van der Waals surface area contributed by atoms with E-state index in [1.54, 1.807) is 13.2 Å². The number of nitrogens with one attached hydrogen (secondary N) is 1. The molecule has 3 N–H and O–H groups in total. The highest BCUT2D eigenvalue weighted by Gasteiger charge is 2.31. The van der Waals surface area contributed by atoms with Gasteiger partial charge in [0.05, 0.1) is 42.6 Å². The lowest BCUT2D eigenvalue weighted by Gasteiger charge is -2.38. The van der Waals surface area contributed by atoms with E-state index in [1.165, 1.54) is 20.3 Å². The average Bonchev–Trinajstić information content (AvgIpc) is 2.75. The molecule has 1 aromatic rings. The Bertz CT molecular complexity index is 731. The molecule has 8 nitrogen and oxygen atoms in total. The second-order valence-corrected chi connectivity index (χ2v) is 7.81. The Hall–Kier alpha value is -2.03. The van der Waals surface area contributed by atoms with E-state index in [0.717, 1.165) is 45.3 Å². The van der Waals surface area contributed by atoms with E-state index in [0.29, 0.717) is 28.4 Å². The summed E-state index contributed by atoms with van der Waals surface area (Å²) >= 11 is 6.08. The lowest BCUT2D eigenvalue weighted by molar-refractivity contribution is -0.140. The first-order valence-electron chi connectivity index (χ1n) is 10.2. The van der Waals surface area contributed by atoms with Crippen LogP contribution in [0.2, 0.25) is 5.02 Å². The number of carbonyl (C=O) groups is 2. The minimum atomic E-state index is -0.267. The molecule has 1 aliphatic rings. The van der Waals surface area contributed by atoms with E-state index >= 15 is 0 Å². The number of methoxy groups -OCH3 is 3. The fourth-order valence-electron chi connectivity index (χ4n) is 3.63. The number of halogens is 1. The Morgan fingerprint density at radius 3 is 2.67 bits per heavy atom. The first kappa shape index (κ1) is 24.2. The average molecular weight is 442 g/mol. The molecule has 1 aliphatic heterocycles. The molecule has 1 heterocycles. The van der Waals surface area contributed by atoms with Crippen molar-refractivity contribution in [1.29, 1.82) is 0 Å². The van der Waals surface area contributed by atoms with Gasteiger partial charge in [-0.25, -0.2) is 0 Å². The van der Waals surface area contributed by atoms with Crippen molar-refractivity contribution in [3.63, 3.8) is 0 Å². The van der Waals surface area contributed by atoms with Gasteiger partial charge in [0, 0.05) is 32.7 Å². The minimum Gasteiger partial charge on any atom is -0.496 e. The molecule has 0 radical (unpaired) electrons. The van der Waals surface area contributed by atoms with Gasteiger partial charge in [0.2, 0.25) is 0 Å². The zero-order valence-electron chi connectivity index (χ0n) is 17.9. The summed E-state index contributed by atoms with van der Waals surface area (Å²) in [6.07, 6.45) is 3.93. The van der Waals surface area contributed by atoms with Crippen LogP contribution in [0.4, 0.5) is 5.69 Å². The summed E-state index contributed by atoms with van der Waals surface area (Å²) in [4.78, 5) is 26.3. The second-order valence-electron chi connectivity index (χ2n) is 7.40. The van der Waals surface area contributed by atoms with Gasteiger partial charge in [0.15, 0.2) is 0 Å². The number of piperidine rings is 1. The van der Waals surface area contributed by atoms with Crippen LogP contribution in [-0.4, -0.2) is 69.9 Å². The van der Waals surface area contributed by atoms with E-state index in [1.807, 2.05) is 0 Å². The van der Waals surface area contributed by atoms with E-state index in [2.05, 4.69) is 15.0 Å². The van der Waals surface area contributed by atoms with Gasteiger partial charge in [0.25, 0.3) is 5.91 Å². The molecule has 2 atom stereocenters. The predicted molar refractivity (Wildman–Crippen MR) is 116 cm³/mol. The SMILES string of the molecule is COC(=O)CCCCCN1CC[C@@H](NC(=O)c2cc(Cl)c(N)cc2OC)[C@@H](OC)C1. The molecule has 1 aromatic carbocycles. The maximum Gasteiger partial charge on any atom is 0.305 e.